The zero-order valence-corrected chi connectivity index (χ0v) is 14.1. The Kier molecular flexibility index (Phi) is 4.83. The fourth-order valence-electron chi connectivity index (χ4n) is 1.69. The average molecular weight is 305 g/mol. The molecule has 2 rings (SSSR count). The van der Waals surface area contributed by atoms with Crippen LogP contribution in [0, 0.1) is 6.92 Å². The Morgan fingerprint density at radius 1 is 1.24 bits per heavy atom. The number of ether oxygens (including phenoxy) is 1. The number of hydrogen-bond donors (Lipinski definition) is 1. The van der Waals surface area contributed by atoms with Crippen molar-refractivity contribution in [1.82, 2.24) is 9.36 Å². The summed E-state index contributed by atoms with van der Waals surface area (Å²) in [5.74, 6) is 1.77. The highest BCUT2D eigenvalue weighted by molar-refractivity contribution is 7.09. The van der Waals surface area contributed by atoms with E-state index in [0.29, 0.717) is 6.61 Å². The van der Waals surface area contributed by atoms with Crippen LogP contribution in [0.15, 0.2) is 24.3 Å². The Morgan fingerprint density at radius 3 is 2.48 bits per heavy atom. The largest absolute Gasteiger partial charge is 0.491 e. The van der Waals surface area contributed by atoms with E-state index in [1.807, 2.05) is 24.3 Å². The lowest BCUT2D eigenvalue weighted by atomic mass is 9.96. The topological polar surface area (TPSA) is 47.0 Å². The second kappa shape index (κ2) is 6.43. The maximum Gasteiger partial charge on any atom is 0.202 e. The van der Waals surface area contributed by atoms with Gasteiger partial charge in [-0.2, -0.15) is 4.37 Å². The first-order chi connectivity index (χ1) is 9.84. The van der Waals surface area contributed by atoms with Gasteiger partial charge in [0.1, 0.15) is 18.2 Å². The molecule has 0 amide bonds. The molecule has 0 fully saturated rings. The minimum Gasteiger partial charge on any atom is -0.491 e. The van der Waals surface area contributed by atoms with Crippen LogP contribution in [0.4, 0.5) is 5.13 Å². The molecule has 0 saturated heterocycles. The van der Waals surface area contributed by atoms with E-state index in [0.717, 1.165) is 16.7 Å². The summed E-state index contributed by atoms with van der Waals surface area (Å²) in [5, 5.41) is 4.18. The van der Waals surface area contributed by atoms with Gasteiger partial charge in [-0.1, -0.05) is 38.5 Å². The first kappa shape index (κ1) is 15.8. The van der Waals surface area contributed by atoms with Gasteiger partial charge in [-0.3, -0.25) is 0 Å². The molecule has 2 aromatic rings. The highest BCUT2D eigenvalue weighted by atomic mass is 32.1. The van der Waals surface area contributed by atoms with E-state index < -0.39 is 0 Å². The van der Waals surface area contributed by atoms with E-state index in [4.69, 9.17) is 4.74 Å². The third-order valence-corrected chi connectivity index (χ3v) is 3.63. The van der Waals surface area contributed by atoms with Crippen LogP contribution in [0.1, 0.15) is 39.1 Å². The Hall–Kier alpha value is -1.62. The van der Waals surface area contributed by atoms with Crippen molar-refractivity contribution in [1.29, 1.82) is 0 Å². The predicted octanol–water partition coefficient (Wildman–Crippen LogP) is 4.02. The maximum atomic E-state index is 5.76. The van der Waals surface area contributed by atoms with Crippen molar-refractivity contribution in [3.8, 4) is 5.75 Å². The first-order valence-corrected chi connectivity index (χ1v) is 7.92. The maximum absolute atomic E-state index is 5.76. The Labute approximate surface area is 130 Å². The van der Waals surface area contributed by atoms with Gasteiger partial charge in [0, 0.05) is 16.9 Å². The van der Waals surface area contributed by atoms with Crippen LogP contribution in [-0.4, -0.2) is 22.0 Å². The molecule has 0 bridgehead atoms. The summed E-state index contributed by atoms with van der Waals surface area (Å²) < 4.78 is 10.2. The lowest BCUT2D eigenvalue weighted by Crippen LogP contribution is -2.23. The SMILES string of the molecule is Cc1ccc(OCC(C)Nc2nc(C(C)(C)C)ns2)cc1. The van der Waals surface area contributed by atoms with Gasteiger partial charge in [0.2, 0.25) is 5.13 Å². The van der Waals surface area contributed by atoms with Gasteiger partial charge in [0.15, 0.2) is 0 Å². The quantitative estimate of drug-likeness (QED) is 0.906. The van der Waals surface area contributed by atoms with Crippen LogP contribution in [0.3, 0.4) is 0 Å². The summed E-state index contributed by atoms with van der Waals surface area (Å²) in [6, 6.07) is 8.25. The van der Waals surface area contributed by atoms with Gasteiger partial charge in [-0.15, -0.1) is 0 Å². The molecule has 1 atom stereocenters. The summed E-state index contributed by atoms with van der Waals surface area (Å²) in [6.07, 6.45) is 0. The normalized spacial score (nSPS) is 13.0. The Morgan fingerprint density at radius 2 is 1.90 bits per heavy atom. The number of hydrogen-bond acceptors (Lipinski definition) is 5. The molecule has 4 nitrogen and oxygen atoms in total. The first-order valence-electron chi connectivity index (χ1n) is 7.15. The molecular formula is C16H23N3OS. The van der Waals surface area contributed by atoms with Crippen molar-refractivity contribution >= 4 is 16.7 Å². The number of benzene rings is 1. The van der Waals surface area contributed by atoms with Gasteiger partial charge < -0.3 is 10.1 Å². The van der Waals surface area contributed by atoms with Crippen molar-refractivity contribution in [3.05, 3.63) is 35.7 Å². The summed E-state index contributed by atoms with van der Waals surface area (Å²) in [5.41, 5.74) is 1.22. The van der Waals surface area contributed by atoms with Gasteiger partial charge in [-0.05, 0) is 26.0 Å². The zero-order valence-electron chi connectivity index (χ0n) is 13.3. The van der Waals surface area contributed by atoms with E-state index in [2.05, 4.69) is 49.3 Å². The van der Waals surface area contributed by atoms with Crippen molar-refractivity contribution in [2.45, 2.75) is 46.1 Å². The second-order valence-electron chi connectivity index (χ2n) is 6.34. The summed E-state index contributed by atoms with van der Waals surface area (Å²) in [7, 11) is 0. The summed E-state index contributed by atoms with van der Waals surface area (Å²) in [6.45, 7) is 11.1. The van der Waals surface area contributed by atoms with Gasteiger partial charge in [-0.25, -0.2) is 4.98 Å². The molecule has 0 radical (unpaired) electrons. The Balaban J connectivity index is 1.85. The third kappa shape index (κ3) is 4.70. The number of aromatic nitrogens is 2. The van der Waals surface area contributed by atoms with Crippen LogP contribution in [0.2, 0.25) is 0 Å². The second-order valence-corrected chi connectivity index (χ2v) is 7.09. The fraction of sp³-hybridized carbons (Fsp3) is 0.500. The number of nitrogens with zero attached hydrogens (tertiary/aromatic N) is 2. The molecule has 21 heavy (non-hydrogen) atoms. The van der Waals surface area contributed by atoms with Crippen LogP contribution < -0.4 is 10.1 Å². The number of nitrogens with one attached hydrogen (secondary N) is 1. The van der Waals surface area contributed by atoms with Gasteiger partial charge in [0.05, 0.1) is 6.04 Å². The lowest BCUT2D eigenvalue weighted by Gasteiger charge is -2.15. The summed E-state index contributed by atoms with van der Waals surface area (Å²) in [4.78, 5) is 4.53. The number of aryl methyl sites for hydroxylation is 1. The number of rotatable bonds is 5. The van der Waals surface area contributed by atoms with Crippen molar-refractivity contribution in [2.75, 3.05) is 11.9 Å². The zero-order chi connectivity index (χ0) is 15.5. The van der Waals surface area contributed by atoms with Gasteiger partial charge >= 0.3 is 0 Å². The molecule has 0 saturated carbocycles. The fourth-order valence-corrected chi connectivity index (χ4v) is 2.56. The predicted molar refractivity (Wildman–Crippen MR) is 88.4 cm³/mol. The molecular weight excluding hydrogens is 282 g/mol. The minimum absolute atomic E-state index is 0.0158. The van der Waals surface area contributed by atoms with E-state index in [9.17, 15) is 0 Å². The highest BCUT2D eigenvalue weighted by Crippen LogP contribution is 2.23. The molecule has 0 aliphatic heterocycles. The molecule has 1 unspecified atom stereocenters. The molecule has 0 aliphatic rings. The minimum atomic E-state index is -0.0158. The van der Waals surface area contributed by atoms with Crippen LogP contribution in [-0.2, 0) is 5.41 Å². The van der Waals surface area contributed by atoms with Crippen molar-refractivity contribution in [2.24, 2.45) is 0 Å². The monoisotopic (exact) mass is 305 g/mol. The lowest BCUT2D eigenvalue weighted by molar-refractivity contribution is 0.304. The molecule has 0 spiro atoms. The van der Waals surface area contributed by atoms with Crippen LogP contribution in [0.5, 0.6) is 5.75 Å². The smallest absolute Gasteiger partial charge is 0.202 e. The molecule has 1 aromatic heterocycles. The summed E-state index contributed by atoms with van der Waals surface area (Å²) >= 11 is 1.40. The number of anilines is 1. The Bertz CT molecular complexity index is 572. The molecule has 1 N–H and O–H groups in total. The van der Waals surface area contributed by atoms with E-state index in [-0.39, 0.29) is 11.5 Å². The molecule has 114 valence electrons. The van der Waals surface area contributed by atoms with E-state index in [1.165, 1.54) is 17.1 Å². The average Bonchev–Trinajstić information content (AvgIpc) is 2.86. The molecule has 1 aromatic carbocycles. The van der Waals surface area contributed by atoms with Crippen molar-refractivity contribution < 1.29 is 4.74 Å². The molecule has 5 heteroatoms. The highest BCUT2D eigenvalue weighted by Gasteiger charge is 2.20. The van der Waals surface area contributed by atoms with Gasteiger partial charge in [0.25, 0.3) is 0 Å². The van der Waals surface area contributed by atoms with E-state index >= 15 is 0 Å². The van der Waals surface area contributed by atoms with Crippen molar-refractivity contribution in [3.63, 3.8) is 0 Å². The van der Waals surface area contributed by atoms with Crippen LogP contribution >= 0.6 is 11.5 Å². The third-order valence-electron chi connectivity index (χ3n) is 2.99. The standard InChI is InChI=1S/C16H23N3OS/c1-11-6-8-13(9-7-11)20-10-12(2)17-15-18-14(19-21-15)16(3,4)5/h6-9,12H,10H2,1-5H3,(H,17,18,19). The molecule has 1 heterocycles. The van der Waals surface area contributed by atoms with E-state index in [1.54, 1.807) is 0 Å². The van der Waals surface area contributed by atoms with Crippen LogP contribution in [0.25, 0.3) is 0 Å². The molecule has 0 aliphatic carbocycles.